The fourth-order valence-corrected chi connectivity index (χ4v) is 3.23. The minimum atomic E-state index is -0.173. The van der Waals surface area contributed by atoms with Gasteiger partial charge in [-0.1, -0.05) is 0 Å². The average molecular weight is 325 g/mol. The van der Waals surface area contributed by atoms with Crippen molar-refractivity contribution in [3.63, 3.8) is 0 Å². The third-order valence-electron chi connectivity index (χ3n) is 3.24. The van der Waals surface area contributed by atoms with Crippen LogP contribution in [0.5, 0.6) is 0 Å². The molecule has 0 aromatic carbocycles. The second-order valence-corrected chi connectivity index (χ2v) is 6.91. The molecule has 7 heteroatoms. The van der Waals surface area contributed by atoms with Crippen LogP contribution in [-0.4, -0.2) is 45.1 Å². The summed E-state index contributed by atoms with van der Waals surface area (Å²) < 4.78 is 0. The number of nitrogens with one attached hydrogen (secondary N) is 2. The number of aromatic amines is 1. The summed E-state index contributed by atoms with van der Waals surface area (Å²) in [6, 6.07) is 1.69. The Morgan fingerprint density at radius 3 is 2.95 bits per heavy atom. The van der Waals surface area contributed by atoms with Crippen LogP contribution in [0.4, 0.5) is 0 Å². The third kappa shape index (κ3) is 3.87. The molecule has 0 aliphatic rings. The lowest BCUT2D eigenvalue weighted by Gasteiger charge is -2.20. The molecule has 0 saturated carbocycles. The van der Waals surface area contributed by atoms with Gasteiger partial charge in [0.2, 0.25) is 0 Å². The van der Waals surface area contributed by atoms with Crippen molar-refractivity contribution in [1.29, 1.82) is 0 Å². The Morgan fingerprint density at radius 1 is 1.62 bits per heavy atom. The van der Waals surface area contributed by atoms with Crippen molar-refractivity contribution in [1.82, 2.24) is 15.3 Å². The highest BCUT2D eigenvalue weighted by Gasteiger charge is 2.19. The van der Waals surface area contributed by atoms with Gasteiger partial charge in [-0.25, -0.2) is 4.98 Å². The summed E-state index contributed by atoms with van der Waals surface area (Å²) in [6.45, 7) is 3.88. The molecule has 21 heavy (non-hydrogen) atoms. The number of thiazole rings is 1. The largest absolute Gasteiger partial charge is 0.395 e. The number of carbonyl (C=O) groups is 1. The zero-order valence-corrected chi connectivity index (χ0v) is 13.8. The molecule has 0 fully saturated rings. The van der Waals surface area contributed by atoms with Gasteiger partial charge in [-0.3, -0.25) is 4.79 Å². The molecule has 114 valence electrons. The Labute approximate surface area is 132 Å². The van der Waals surface area contributed by atoms with E-state index in [9.17, 15) is 9.90 Å². The van der Waals surface area contributed by atoms with Crippen LogP contribution in [0.1, 0.15) is 22.4 Å². The van der Waals surface area contributed by atoms with Gasteiger partial charge in [0.15, 0.2) is 0 Å². The normalized spacial score (nSPS) is 13.9. The molecule has 0 spiro atoms. The predicted octanol–water partition coefficient (Wildman–Crippen LogP) is 2.29. The topological polar surface area (TPSA) is 78.0 Å². The standard InChI is InChI=1S/C14H19N3O2S2/c1-8(13(6-18)20-3)16-14(19)11-4-10(5-15-11)12-7-21-9(2)17-12/h4-5,7-8,13,15,18H,6H2,1-3H3,(H,16,19). The molecule has 1 amide bonds. The number of thioether (sulfide) groups is 1. The molecule has 0 saturated heterocycles. The Morgan fingerprint density at radius 2 is 2.38 bits per heavy atom. The zero-order chi connectivity index (χ0) is 15.4. The predicted molar refractivity (Wildman–Crippen MR) is 88.0 cm³/mol. The second-order valence-electron chi connectivity index (χ2n) is 4.77. The molecular formula is C14H19N3O2S2. The van der Waals surface area contributed by atoms with Gasteiger partial charge in [-0.2, -0.15) is 11.8 Å². The zero-order valence-electron chi connectivity index (χ0n) is 12.2. The van der Waals surface area contributed by atoms with Crippen LogP contribution in [0.3, 0.4) is 0 Å². The van der Waals surface area contributed by atoms with Crippen LogP contribution in [-0.2, 0) is 0 Å². The Balaban J connectivity index is 2.05. The Bertz CT molecular complexity index is 605. The van der Waals surface area contributed by atoms with E-state index in [0.717, 1.165) is 16.3 Å². The summed E-state index contributed by atoms with van der Waals surface area (Å²) >= 11 is 3.12. The molecule has 2 heterocycles. The lowest BCUT2D eigenvalue weighted by Crippen LogP contribution is -2.41. The number of amides is 1. The van der Waals surface area contributed by atoms with Gasteiger partial charge in [0.1, 0.15) is 5.69 Å². The van der Waals surface area contributed by atoms with E-state index in [1.807, 2.05) is 25.5 Å². The number of carbonyl (C=O) groups excluding carboxylic acids is 1. The minimum Gasteiger partial charge on any atom is -0.395 e. The van der Waals surface area contributed by atoms with Gasteiger partial charge in [0, 0.05) is 28.4 Å². The van der Waals surface area contributed by atoms with Gasteiger partial charge >= 0.3 is 0 Å². The second kappa shape index (κ2) is 7.11. The van der Waals surface area contributed by atoms with E-state index < -0.39 is 0 Å². The summed E-state index contributed by atoms with van der Waals surface area (Å²) in [5, 5.41) is 15.1. The number of hydrogen-bond donors (Lipinski definition) is 3. The number of hydrogen-bond acceptors (Lipinski definition) is 5. The van der Waals surface area contributed by atoms with Crippen molar-refractivity contribution in [3.05, 3.63) is 28.3 Å². The average Bonchev–Trinajstić information content (AvgIpc) is 3.08. The first kappa shape index (κ1) is 16.1. The molecule has 2 atom stereocenters. The molecule has 2 unspecified atom stereocenters. The first-order valence-corrected chi connectivity index (χ1v) is 8.77. The van der Waals surface area contributed by atoms with Crippen LogP contribution < -0.4 is 5.32 Å². The first-order valence-electron chi connectivity index (χ1n) is 6.60. The van der Waals surface area contributed by atoms with Crippen LogP contribution in [0, 0.1) is 6.92 Å². The molecular weight excluding hydrogens is 306 g/mol. The number of aliphatic hydroxyl groups is 1. The van der Waals surface area contributed by atoms with Gasteiger partial charge in [0.25, 0.3) is 5.91 Å². The summed E-state index contributed by atoms with van der Waals surface area (Å²) in [5.41, 5.74) is 2.28. The summed E-state index contributed by atoms with van der Waals surface area (Å²) in [5.74, 6) is -0.173. The molecule has 0 bridgehead atoms. The molecule has 0 radical (unpaired) electrons. The number of aliphatic hydroxyl groups excluding tert-OH is 1. The molecule has 5 nitrogen and oxygen atoms in total. The number of aromatic nitrogens is 2. The number of rotatable bonds is 6. The maximum absolute atomic E-state index is 12.2. The molecule has 0 aliphatic carbocycles. The van der Waals surface area contributed by atoms with Gasteiger partial charge in [-0.05, 0) is 26.2 Å². The molecule has 2 rings (SSSR count). The van der Waals surface area contributed by atoms with Crippen LogP contribution >= 0.6 is 23.1 Å². The fraction of sp³-hybridized carbons (Fsp3) is 0.429. The Hall–Kier alpha value is -1.31. The van der Waals surface area contributed by atoms with Gasteiger partial charge in [-0.15, -0.1) is 11.3 Å². The van der Waals surface area contributed by atoms with Crippen molar-refractivity contribution in [2.75, 3.05) is 12.9 Å². The van der Waals surface area contributed by atoms with Crippen LogP contribution in [0.25, 0.3) is 11.3 Å². The van der Waals surface area contributed by atoms with E-state index in [1.54, 1.807) is 23.6 Å². The lowest BCUT2D eigenvalue weighted by molar-refractivity contribution is 0.0931. The van der Waals surface area contributed by atoms with Crippen molar-refractivity contribution >= 4 is 29.0 Å². The van der Waals surface area contributed by atoms with E-state index >= 15 is 0 Å². The van der Waals surface area contributed by atoms with Gasteiger partial charge in [0.05, 0.1) is 17.3 Å². The SMILES string of the molecule is CSC(CO)C(C)NC(=O)c1cc(-c2csc(C)n2)c[nH]1. The van der Waals surface area contributed by atoms with Crippen LogP contribution in [0.15, 0.2) is 17.6 Å². The quantitative estimate of drug-likeness (QED) is 0.761. The highest BCUT2D eigenvalue weighted by molar-refractivity contribution is 7.99. The fourth-order valence-electron chi connectivity index (χ4n) is 1.98. The van der Waals surface area contributed by atoms with Crippen molar-refractivity contribution in [3.8, 4) is 11.3 Å². The van der Waals surface area contributed by atoms with Gasteiger partial charge < -0.3 is 15.4 Å². The van der Waals surface area contributed by atoms with Crippen molar-refractivity contribution in [2.24, 2.45) is 0 Å². The highest BCUT2D eigenvalue weighted by atomic mass is 32.2. The Kier molecular flexibility index (Phi) is 5.44. The lowest BCUT2D eigenvalue weighted by atomic mass is 10.2. The van der Waals surface area contributed by atoms with Crippen molar-refractivity contribution < 1.29 is 9.90 Å². The molecule has 0 aliphatic heterocycles. The highest BCUT2D eigenvalue weighted by Crippen LogP contribution is 2.22. The monoisotopic (exact) mass is 325 g/mol. The third-order valence-corrected chi connectivity index (χ3v) is 5.18. The maximum atomic E-state index is 12.2. The number of H-pyrrole nitrogens is 1. The van der Waals surface area contributed by atoms with Crippen molar-refractivity contribution in [2.45, 2.75) is 25.1 Å². The maximum Gasteiger partial charge on any atom is 0.267 e. The molecule has 2 aromatic heterocycles. The van der Waals surface area contributed by atoms with E-state index in [2.05, 4.69) is 15.3 Å². The summed E-state index contributed by atoms with van der Waals surface area (Å²) in [6.07, 6.45) is 3.70. The minimum absolute atomic E-state index is 0.00965. The van der Waals surface area contributed by atoms with E-state index in [0.29, 0.717) is 5.69 Å². The number of nitrogens with zero attached hydrogens (tertiary/aromatic N) is 1. The number of aryl methyl sites for hydroxylation is 1. The first-order chi connectivity index (χ1) is 10.0. The molecule has 2 aromatic rings. The van der Waals surface area contributed by atoms with Crippen LogP contribution in [0.2, 0.25) is 0 Å². The summed E-state index contributed by atoms with van der Waals surface area (Å²) in [4.78, 5) is 19.6. The summed E-state index contributed by atoms with van der Waals surface area (Å²) in [7, 11) is 0. The van der Waals surface area contributed by atoms with E-state index in [1.165, 1.54) is 11.8 Å². The van der Waals surface area contributed by atoms with E-state index in [4.69, 9.17) is 0 Å². The van der Waals surface area contributed by atoms with E-state index in [-0.39, 0.29) is 23.8 Å². The molecule has 3 N–H and O–H groups in total. The smallest absolute Gasteiger partial charge is 0.267 e.